The molecule has 1 atom stereocenters. The summed E-state index contributed by atoms with van der Waals surface area (Å²) in [5.41, 5.74) is 1.69. The van der Waals surface area contributed by atoms with Gasteiger partial charge in [-0.25, -0.2) is 9.59 Å². The number of nitrogens with one attached hydrogen (secondary N) is 2. The van der Waals surface area contributed by atoms with E-state index in [9.17, 15) is 9.59 Å². The summed E-state index contributed by atoms with van der Waals surface area (Å²) in [5, 5.41) is 5.52. The minimum absolute atomic E-state index is 0.258. The predicted octanol–water partition coefficient (Wildman–Crippen LogP) is 3.85. The number of hydrogen-bond donors (Lipinski definition) is 2. The van der Waals surface area contributed by atoms with Crippen molar-refractivity contribution < 1.29 is 23.8 Å². The summed E-state index contributed by atoms with van der Waals surface area (Å²) in [6, 6.07) is 4.46. The second-order valence-corrected chi connectivity index (χ2v) is 6.46. The van der Waals surface area contributed by atoms with Crippen LogP contribution in [0, 0.1) is 0 Å². The Morgan fingerprint density at radius 2 is 1.93 bits per heavy atom. The van der Waals surface area contributed by atoms with Crippen LogP contribution in [0.25, 0.3) is 0 Å². The summed E-state index contributed by atoms with van der Waals surface area (Å²) in [6.45, 7) is 6.64. The minimum atomic E-state index is -0.620. The average molecular weight is 390 g/mol. The highest BCUT2D eigenvalue weighted by molar-refractivity contribution is 5.95. The second kappa shape index (κ2) is 10.6. The lowest BCUT2D eigenvalue weighted by Crippen LogP contribution is -2.45. The van der Waals surface area contributed by atoms with E-state index in [1.807, 2.05) is 19.1 Å². The number of rotatable bonds is 10. The molecule has 0 spiro atoms. The van der Waals surface area contributed by atoms with E-state index < -0.39 is 12.0 Å². The van der Waals surface area contributed by atoms with Crippen molar-refractivity contribution in [1.29, 1.82) is 0 Å². The van der Waals surface area contributed by atoms with Gasteiger partial charge in [0.05, 0.1) is 31.9 Å². The molecule has 1 heterocycles. The van der Waals surface area contributed by atoms with Gasteiger partial charge < -0.3 is 24.8 Å². The van der Waals surface area contributed by atoms with Crippen LogP contribution in [-0.2, 0) is 9.53 Å². The number of unbranched alkanes of at least 4 members (excludes halogenated alkanes) is 2. The zero-order valence-corrected chi connectivity index (χ0v) is 17.1. The van der Waals surface area contributed by atoms with Gasteiger partial charge in [0.15, 0.2) is 11.5 Å². The van der Waals surface area contributed by atoms with E-state index in [-0.39, 0.29) is 12.6 Å². The molecule has 7 heteroatoms. The van der Waals surface area contributed by atoms with Gasteiger partial charge in [0, 0.05) is 5.70 Å². The van der Waals surface area contributed by atoms with E-state index in [2.05, 4.69) is 17.6 Å². The number of esters is 1. The van der Waals surface area contributed by atoms with Crippen LogP contribution in [0.5, 0.6) is 11.5 Å². The van der Waals surface area contributed by atoms with E-state index in [4.69, 9.17) is 14.2 Å². The van der Waals surface area contributed by atoms with Gasteiger partial charge >= 0.3 is 12.0 Å². The van der Waals surface area contributed by atoms with Crippen LogP contribution in [0.4, 0.5) is 4.79 Å². The summed E-state index contributed by atoms with van der Waals surface area (Å²) < 4.78 is 16.5. The Kier molecular flexibility index (Phi) is 8.17. The Bertz CT molecular complexity index is 730. The maximum atomic E-state index is 12.6. The number of ether oxygens (including phenoxy) is 3. The van der Waals surface area contributed by atoms with Gasteiger partial charge in [-0.3, -0.25) is 0 Å². The normalized spacial score (nSPS) is 16.3. The van der Waals surface area contributed by atoms with Crippen LogP contribution in [0.1, 0.15) is 58.1 Å². The van der Waals surface area contributed by atoms with Gasteiger partial charge in [0.2, 0.25) is 0 Å². The molecule has 2 N–H and O–H groups in total. The molecule has 1 unspecified atom stereocenters. The Hall–Kier alpha value is -2.70. The van der Waals surface area contributed by atoms with Gasteiger partial charge in [0.1, 0.15) is 0 Å². The fourth-order valence-electron chi connectivity index (χ4n) is 3.11. The van der Waals surface area contributed by atoms with E-state index in [0.29, 0.717) is 35.8 Å². The summed E-state index contributed by atoms with van der Waals surface area (Å²) in [5.74, 6) is 0.749. The quantitative estimate of drug-likeness (QED) is 0.468. The third-order valence-electron chi connectivity index (χ3n) is 4.53. The lowest BCUT2D eigenvalue weighted by molar-refractivity contribution is -0.139. The Morgan fingerprint density at radius 3 is 2.57 bits per heavy atom. The van der Waals surface area contributed by atoms with Gasteiger partial charge in [-0.15, -0.1) is 0 Å². The molecule has 1 aliphatic rings. The zero-order chi connectivity index (χ0) is 20.5. The summed E-state index contributed by atoms with van der Waals surface area (Å²) in [6.07, 6.45) is 3.71. The monoisotopic (exact) mass is 390 g/mol. The molecule has 1 aromatic rings. The van der Waals surface area contributed by atoms with Gasteiger partial charge in [-0.05, 0) is 37.5 Å². The summed E-state index contributed by atoms with van der Waals surface area (Å²) in [7, 11) is 1.57. The fourth-order valence-corrected chi connectivity index (χ4v) is 3.11. The molecular formula is C21H30N2O5. The van der Waals surface area contributed by atoms with Crippen molar-refractivity contribution in [3.63, 3.8) is 0 Å². The lowest BCUT2D eigenvalue weighted by Gasteiger charge is -2.29. The molecule has 0 saturated heterocycles. The fraction of sp³-hybridized carbons (Fsp3) is 0.524. The minimum Gasteiger partial charge on any atom is -0.493 e. The lowest BCUT2D eigenvalue weighted by atomic mass is 9.94. The smallest absolute Gasteiger partial charge is 0.338 e. The number of amides is 2. The highest BCUT2D eigenvalue weighted by Gasteiger charge is 2.33. The van der Waals surface area contributed by atoms with Crippen molar-refractivity contribution in [2.24, 2.45) is 0 Å². The maximum absolute atomic E-state index is 12.6. The zero-order valence-electron chi connectivity index (χ0n) is 17.1. The van der Waals surface area contributed by atoms with Crippen LogP contribution in [0.2, 0.25) is 0 Å². The molecule has 28 heavy (non-hydrogen) atoms. The Balaban J connectivity index is 2.34. The van der Waals surface area contributed by atoms with Gasteiger partial charge in [0.25, 0.3) is 0 Å². The highest BCUT2D eigenvalue weighted by atomic mass is 16.5. The number of benzene rings is 1. The predicted molar refractivity (Wildman–Crippen MR) is 106 cm³/mol. The van der Waals surface area contributed by atoms with Gasteiger partial charge in [-0.2, -0.15) is 0 Å². The molecule has 154 valence electrons. The number of hydrogen-bond acceptors (Lipinski definition) is 5. The van der Waals surface area contributed by atoms with Crippen molar-refractivity contribution in [3.8, 4) is 11.5 Å². The molecule has 0 aliphatic carbocycles. The van der Waals surface area contributed by atoms with Crippen molar-refractivity contribution in [1.82, 2.24) is 10.6 Å². The second-order valence-electron chi connectivity index (χ2n) is 6.46. The van der Waals surface area contributed by atoms with Crippen molar-refractivity contribution in [2.45, 2.75) is 52.5 Å². The molecular weight excluding hydrogens is 360 g/mol. The molecule has 2 rings (SSSR count). The molecule has 1 aliphatic heterocycles. The van der Waals surface area contributed by atoms with E-state index in [0.717, 1.165) is 24.8 Å². The molecule has 0 radical (unpaired) electrons. The molecule has 1 aromatic carbocycles. The Morgan fingerprint density at radius 1 is 1.14 bits per heavy atom. The van der Waals surface area contributed by atoms with E-state index in [1.165, 1.54) is 0 Å². The summed E-state index contributed by atoms with van der Waals surface area (Å²) >= 11 is 0. The average Bonchev–Trinajstić information content (AvgIpc) is 2.70. The number of carbonyl (C=O) groups is 2. The van der Waals surface area contributed by atoms with Crippen LogP contribution in [0.3, 0.4) is 0 Å². The topological polar surface area (TPSA) is 85.9 Å². The van der Waals surface area contributed by atoms with E-state index >= 15 is 0 Å². The number of urea groups is 1. The number of methoxy groups -OCH3 is 1. The number of carbonyl (C=O) groups excluding carboxylic acids is 2. The maximum Gasteiger partial charge on any atom is 0.338 e. The van der Waals surface area contributed by atoms with Crippen molar-refractivity contribution in [2.75, 3.05) is 20.3 Å². The first-order valence-corrected chi connectivity index (χ1v) is 9.84. The van der Waals surface area contributed by atoms with Crippen molar-refractivity contribution in [3.05, 3.63) is 35.0 Å². The molecule has 7 nitrogen and oxygen atoms in total. The third-order valence-corrected chi connectivity index (χ3v) is 4.53. The van der Waals surface area contributed by atoms with Gasteiger partial charge in [-0.1, -0.05) is 32.8 Å². The molecule has 0 aromatic heterocycles. The van der Waals surface area contributed by atoms with Crippen LogP contribution >= 0.6 is 0 Å². The van der Waals surface area contributed by atoms with Crippen molar-refractivity contribution >= 4 is 12.0 Å². The number of allylic oxidation sites excluding steroid dienone is 1. The first kappa shape index (κ1) is 21.6. The SMILES string of the molecule is CCCCCOc1ccc(C2NC(=O)NC(CC)=C2C(=O)OCC)cc1OC. The molecule has 0 saturated carbocycles. The van der Waals surface area contributed by atoms with Crippen LogP contribution in [0.15, 0.2) is 29.5 Å². The first-order chi connectivity index (χ1) is 13.5. The molecule has 0 fully saturated rings. The van der Waals surface area contributed by atoms with Crippen LogP contribution in [-0.4, -0.2) is 32.3 Å². The standard InChI is InChI=1S/C21H30N2O5/c1-5-8-9-12-28-16-11-10-14(13-17(16)26-4)19-18(20(24)27-7-3)15(6-2)22-21(25)23-19/h10-11,13,19H,5-9,12H2,1-4H3,(H2,22,23,25). The molecule has 2 amide bonds. The van der Waals surface area contributed by atoms with E-state index in [1.54, 1.807) is 20.1 Å². The Labute approximate surface area is 166 Å². The molecule has 0 bridgehead atoms. The third kappa shape index (κ3) is 5.18. The summed E-state index contributed by atoms with van der Waals surface area (Å²) in [4.78, 5) is 24.7. The first-order valence-electron chi connectivity index (χ1n) is 9.84. The largest absolute Gasteiger partial charge is 0.493 e. The van der Waals surface area contributed by atoms with Crippen LogP contribution < -0.4 is 20.1 Å². The highest BCUT2D eigenvalue weighted by Crippen LogP contribution is 2.35.